The molecule has 0 aliphatic carbocycles. The van der Waals surface area contributed by atoms with Crippen LogP contribution in [0.5, 0.6) is 0 Å². The number of carboxylic acids is 1. The van der Waals surface area contributed by atoms with Crippen molar-refractivity contribution in [3.63, 3.8) is 0 Å². The predicted octanol–water partition coefficient (Wildman–Crippen LogP) is -1.76. The maximum Gasteiger partial charge on any atom is 1.00 e. The maximum atomic E-state index is 8.89. The molecule has 0 aromatic carbocycles. The molecular formula is C3H8CaNO4. The third kappa shape index (κ3) is 12100. The molecule has 0 atom stereocenters. The fourth-order valence-electron chi connectivity index (χ4n) is 0. The van der Waals surface area contributed by atoms with Crippen molar-refractivity contribution in [2.75, 3.05) is 0 Å². The first-order chi connectivity index (χ1) is 3.15. The van der Waals surface area contributed by atoms with Gasteiger partial charge >= 0.3 is 37.7 Å². The van der Waals surface area contributed by atoms with Gasteiger partial charge in [-0.25, -0.2) is 0 Å². The minimum absolute atomic E-state index is 0. The summed E-state index contributed by atoms with van der Waals surface area (Å²) in [6, 6.07) is 0. The number of carbonyl (C=O) groups excluding carboxylic acids is 1. The Hall–Kier alpha value is 0.160. The van der Waals surface area contributed by atoms with Crippen molar-refractivity contribution >= 4 is 50.2 Å². The quantitative estimate of drug-likeness (QED) is 0.323. The maximum absolute atomic E-state index is 8.89. The molecule has 0 fully saturated rings. The van der Waals surface area contributed by atoms with Gasteiger partial charge in [0.25, 0.3) is 6.47 Å². The van der Waals surface area contributed by atoms with Gasteiger partial charge < -0.3 is 21.2 Å². The van der Waals surface area contributed by atoms with E-state index in [1.165, 1.54) is 0 Å². The molecule has 0 spiro atoms. The van der Waals surface area contributed by atoms with Crippen LogP contribution >= 0.6 is 0 Å². The average molecular weight is 162 g/mol. The molecule has 51 valence electrons. The summed E-state index contributed by atoms with van der Waals surface area (Å²) in [5, 5.41) is 15.8. The van der Waals surface area contributed by atoms with Crippen molar-refractivity contribution in [3.05, 3.63) is 0 Å². The standard InChI is InChI=1S/C2H4O2.CH2O2.Ca.H3N/c1-2(3)4;2-1-3;;/h1H3,(H,3,4);1H,(H,2,3);;1H3/q;;+1;/p-1. The van der Waals surface area contributed by atoms with Gasteiger partial charge in [-0.2, -0.15) is 0 Å². The molecule has 0 bridgehead atoms. The van der Waals surface area contributed by atoms with Gasteiger partial charge in [-0.05, 0) is 6.92 Å². The number of carboxylic acid groups (broad SMARTS) is 2. The van der Waals surface area contributed by atoms with Gasteiger partial charge in [0, 0.05) is 5.97 Å². The third-order valence-electron chi connectivity index (χ3n) is 0. The Morgan fingerprint density at radius 1 is 1.67 bits per heavy atom. The van der Waals surface area contributed by atoms with Crippen molar-refractivity contribution in [1.82, 2.24) is 6.15 Å². The van der Waals surface area contributed by atoms with Gasteiger partial charge in [-0.3, -0.25) is 4.79 Å². The molecule has 0 aliphatic heterocycles. The van der Waals surface area contributed by atoms with E-state index in [0.717, 1.165) is 6.92 Å². The normalized spacial score (nSPS) is 4.11. The van der Waals surface area contributed by atoms with Crippen molar-refractivity contribution in [3.8, 4) is 0 Å². The van der Waals surface area contributed by atoms with Gasteiger partial charge in [-0.15, -0.1) is 0 Å². The van der Waals surface area contributed by atoms with Crippen molar-refractivity contribution in [1.29, 1.82) is 0 Å². The Kier molecular flexibility index (Phi) is 61.5. The Bertz CT molecular complexity index is 62.8. The second kappa shape index (κ2) is 24.2. The van der Waals surface area contributed by atoms with Gasteiger partial charge in [0.1, 0.15) is 0 Å². The Morgan fingerprint density at radius 2 is 1.67 bits per heavy atom. The van der Waals surface area contributed by atoms with Gasteiger partial charge in [-0.1, -0.05) is 0 Å². The van der Waals surface area contributed by atoms with Crippen LogP contribution in [-0.4, -0.2) is 55.3 Å². The zero-order chi connectivity index (χ0) is 6.28. The molecule has 0 saturated heterocycles. The molecule has 5 nitrogen and oxygen atoms in total. The number of carbonyl (C=O) groups is 2. The molecule has 0 amide bonds. The summed E-state index contributed by atoms with van der Waals surface area (Å²) in [5.41, 5.74) is 0. The van der Waals surface area contributed by atoms with Crippen LogP contribution in [0.3, 0.4) is 0 Å². The molecule has 1 radical (unpaired) electrons. The van der Waals surface area contributed by atoms with Crippen LogP contribution in [0.25, 0.3) is 0 Å². The Morgan fingerprint density at radius 3 is 1.67 bits per heavy atom. The zero-order valence-corrected chi connectivity index (χ0v) is 7.37. The summed E-state index contributed by atoms with van der Waals surface area (Å²) in [7, 11) is 0. The van der Waals surface area contributed by atoms with E-state index in [1.807, 2.05) is 0 Å². The zero-order valence-electron chi connectivity index (χ0n) is 5.16. The topological polar surface area (TPSA) is 112 Å². The van der Waals surface area contributed by atoms with E-state index in [1.54, 1.807) is 0 Å². The SMILES string of the molecule is CC(=O)[O-].N.O=CO.[Ca+]. The fraction of sp³-hybridized carbons (Fsp3) is 0.333. The van der Waals surface area contributed by atoms with E-state index in [4.69, 9.17) is 19.8 Å². The molecule has 6 heteroatoms. The summed E-state index contributed by atoms with van der Waals surface area (Å²) in [5.74, 6) is -1.08. The van der Waals surface area contributed by atoms with Crippen molar-refractivity contribution < 1.29 is 19.8 Å². The summed E-state index contributed by atoms with van der Waals surface area (Å²) < 4.78 is 0. The number of rotatable bonds is 0. The second-order valence-corrected chi connectivity index (χ2v) is 0.597. The van der Waals surface area contributed by atoms with Gasteiger partial charge in [0.15, 0.2) is 0 Å². The summed E-state index contributed by atoms with van der Waals surface area (Å²) in [6.45, 7) is 0.722. The van der Waals surface area contributed by atoms with E-state index < -0.39 is 5.97 Å². The van der Waals surface area contributed by atoms with Crippen LogP contribution < -0.4 is 11.3 Å². The van der Waals surface area contributed by atoms with Crippen LogP contribution in [-0.2, 0) is 9.59 Å². The van der Waals surface area contributed by atoms with E-state index >= 15 is 0 Å². The Labute approximate surface area is 82.6 Å². The van der Waals surface area contributed by atoms with E-state index in [9.17, 15) is 0 Å². The largest absolute Gasteiger partial charge is 1.00 e. The van der Waals surface area contributed by atoms with E-state index in [-0.39, 0.29) is 50.4 Å². The number of hydrogen-bond acceptors (Lipinski definition) is 4. The first-order valence-corrected chi connectivity index (χ1v) is 1.40. The average Bonchev–Trinajstić information content (AvgIpc) is 1.33. The summed E-state index contributed by atoms with van der Waals surface area (Å²) in [6.07, 6.45) is 0. The van der Waals surface area contributed by atoms with E-state index in [2.05, 4.69) is 0 Å². The fourth-order valence-corrected chi connectivity index (χ4v) is 0. The number of hydrogen-bond donors (Lipinski definition) is 2. The van der Waals surface area contributed by atoms with Crippen LogP contribution in [0.4, 0.5) is 0 Å². The summed E-state index contributed by atoms with van der Waals surface area (Å²) in [4.78, 5) is 17.2. The molecule has 0 aliphatic rings. The first kappa shape index (κ1) is 22.9. The molecular weight excluding hydrogens is 154 g/mol. The smallest absolute Gasteiger partial charge is 0.550 e. The van der Waals surface area contributed by atoms with Crippen LogP contribution in [0.15, 0.2) is 0 Å². The minimum atomic E-state index is -1.08. The van der Waals surface area contributed by atoms with Crippen LogP contribution in [0, 0.1) is 0 Å². The van der Waals surface area contributed by atoms with Crippen molar-refractivity contribution in [2.24, 2.45) is 0 Å². The molecule has 0 aromatic heterocycles. The molecule has 0 unspecified atom stereocenters. The monoisotopic (exact) mass is 162 g/mol. The van der Waals surface area contributed by atoms with E-state index in [0.29, 0.717) is 0 Å². The molecule has 0 heterocycles. The predicted molar refractivity (Wildman–Crippen MR) is 30.1 cm³/mol. The molecule has 0 saturated carbocycles. The first-order valence-electron chi connectivity index (χ1n) is 1.40. The third-order valence-corrected chi connectivity index (χ3v) is 0. The molecule has 0 rings (SSSR count). The van der Waals surface area contributed by atoms with Crippen molar-refractivity contribution in [2.45, 2.75) is 6.92 Å². The Balaban J connectivity index is -0.0000000233. The summed E-state index contributed by atoms with van der Waals surface area (Å²) >= 11 is 0. The van der Waals surface area contributed by atoms with Crippen LogP contribution in [0.2, 0.25) is 0 Å². The number of aliphatic carboxylic acids is 1. The minimum Gasteiger partial charge on any atom is -0.550 e. The van der Waals surface area contributed by atoms with Crippen LogP contribution in [0.1, 0.15) is 6.92 Å². The molecule has 4 N–H and O–H groups in total. The second-order valence-electron chi connectivity index (χ2n) is 0.597. The van der Waals surface area contributed by atoms with Gasteiger partial charge in [0.05, 0.1) is 0 Å². The van der Waals surface area contributed by atoms with Gasteiger partial charge in [0.2, 0.25) is 0 Å². The molecule has 0 aromatic rings. The molecule has 9 heavy (non-hydrogen) atoms.